The Morgan fingerprint density at radius 1 is 1.15 bits per heavy atom. The highest BCUT2D eigenvalue weighted by Gasteiger charge is 2.12. The van der Waals surface area contributed by atoms with E-state index in [0.717, 1.165) is 22.3 Å². The molecule has 0 aromatic heterocycles. The van der Waals surface area contributed by atoms with Crippen LogP contribution in [0.2, 0.25) is 5.02 Å². The lowest BCUT2D eigenvalue weighted by Gasteiger charge is -2.08. The zero-order chi connectivity index (χ0) is 14.7. The number of Topliss-reactive ketones (excluding diaryl/α,β-unsaturated/α-hetero) is 1. The Labute approximate surface area is 123 Å². The van der Waals surface area contributed by atoms with Crippen LogP contribution in [0.1, 0.15) is 33.5 Å². The monoisotopic (exact) mass is 290 g/mol. The third-order valence-corrected chi connectivity index (χ3v) is 3.54. The summed E-state index contributed by atoms with van der Waals surface area (Å²) >= 11 is 5.81. The van der Waals surface area contributed by atoms with E-state index < -0.39 is 0 Å². The van der Waals surface area contributed by atoms with E-state index in [0.29, 0.717) is 17.9 Å². The van der Waals surface area contributed by atoms with E-state index in [4.69, 9.17) is 11.6 Å². The summed E-state index contributed by atoms with van der Waals surface area (Å²) in [5, 5.41) is 0.361. The fourth-order valence-electron chi connectivity index (χ4n) is 2.39. The van der Waals surface area contributed by atoms with Gasteiger partial charge in [0.25, 0.3) is 0 Å². The minimum Gasteiger partial charge on any atom is -0.294 e. The number of carbonyl (C=O) groups excluding carboxylic acids is 1. The van der Waals surface area contributed by atoms with Crippen molar-refractivity contribution in [3.63, 3.8) is 0 Å². The Morgan fingerprint density at radius 3 is 2.40 bits per heavy atom. The second-order valence-corrected chi connectivity index (χ2v) is 5.40. The predicted molar refractivity (Wildman–Crippen MR) is 80.0 cm³/mol. The Morgan fingerprint density at radius 2 is 1.80 bits per heavy atom. The molecular weight excluding hydrogens is 275 g/mol. The van der Waals surface area contributed by atoms with Gasteiger partial charge in [-0.25, -0.2) is 4.39 Å². The van der Waals surface area contributed by atoms with Gasteiger partial charge in [0.05, 0.1) is 0 Å². The molecule has 0 spiro atoms. The van der Waals surface area contributed by atoms with Crippen LogP contribution in [0.5, 0.6) is 0 Å². The fraction of sp³-hybridized carbons (Fsp3) is 0.235. The lowest BCUT2D eigenvalue weighted by molar-refractivity contribution is 0.0981. The molecule has 2 aromatic carbocycles. The zero-order valence-corrected chi connectivity index (χ0v) is 12.3. The van der Waals surface area contributed by atoms with Gasteiger partial charge in [-0.15, -0.1) is 0 Å². The second-order valence-electron chi connectivity index (χ2n) is 4.97. The number of carbonyl (C=O) groups is 1. The number of aryl methyl sites for hydroxylation is 3. The molecule has 0 amide bonds. The summed E-state index contributed by atoms with van der Waals surface area (Å²) in [5.74, 6) is -0.284. The predicted octanol–water partition coefficient (Wildman–Crippen LogP) is 4.91. The van der Waals surface area contributed by atoms with Crippen molar-refractivity contribution in [3.8, 4) is 0 Å². The van der Waals surface area contributed by atoms with Crippen molar-refractivity contribution < 1.29 is 9.18 Å². The highest BCUT2D eigenvalue weighted by atomic mass is 35.5. The third-order valence-electron chi connectivity index (χ3n) is 3.32. The van der Waals surface area contributed by atoms with Gasteiger partial charge in [0.1, 0.15) is 5.82 Å². The molecule has 0 atom stereocenters. The molecule has 20 heavy (non-hydrogen) atoms. The average molecular weight is 291 g/mol. The molecule has 0 bridgehead atoms. The van der Waals surface area contributed by atoms with Crippen LogP contribution >= 0.6 is 11.6 Å². The van der Waals surface area contributed by atoms with E-state index in [1.54, 1.807) is 6.07 Å². The number of rotatable bonds is 4. The fourth-order valence-corrected chi connectivity index (χ4v) is 2.64. The number of ketones is 1. The molecule has 0 aliphatic rings. The van der Waals surface area contributed by atoms with Crippen molar-refractivity contribution in [2.75, 3.05) is 0 Å². The van der Waals surface area contributed by atoms with Gasteiger partial charge in [-0.05, 0) is 55.2 Å². The quantitative estimate of drug-likeness (QED) is 0.731. The van der Waals surface area contributed by atoms with E-state index in [1.807, 2.05) is 32.0 Å². The molecule has 0 fully saturated rings. The first-order valence-electron chi connectivity index (χ1n) is 6.52. The maximum Gasteiger partial charge on any atom is 0.163 e. The summed E-state index contributed by atoms with van der Waals surface area (Å²) in [6.45, 7) is 3.86. The van der Waals surface area contributed by atoms with Crippen LogP contribution in [0.15, 0.2) is 36.4 Å². The van der Waals surface area contributed by atoms with Crippen LogP contribution < -0.4 is 0 Å². The maximum absolute atomic E-state index is 13.2. The number of hydrogen-bond donors (Lipinski definition) is 0. The number of halogens is 2. The molecular formula is C17H16ClFO. The summed E-state index contributed by atoms with van der Waals surface area (Å²) in [4.78, 5) is 12.3. The van der Waals surface area contributed by atoms with Gasteiger partial charge < -0.3 is 0 Å². The Kier molecular flexibility index (Phi) is 4.56. The van der Waals surface area contributed by atoms with Crippen molar-refractivity contribution in [2.24, 2.45) is 0 Å². The van der Waals surface area contributed by atoms with E-state index >= 15 is 0 Å². The van der Waals surface area contributed by atoms with Gasteiger partial charge in [-0.3, -0.25) is 4.79 Å². The molecule has 1 nitrogen and oxygen atoms in total. The smallest absolute Gasteiger partial charge is 0.163 e. The second kappa shape index (κ2) is 6.19. The molecule has 3 heteroatoms. The van der Waals surface area contributed by atoms with Crippen LogP contribution in [-0.2, 0) is 6.42 Å². The molecule has 0 saturated heterocycles. The first kappa shape index (κ1) is 14.7. The van der Waals surface area contributed by atoms with E-state index in [9.17, 15) is 9.18 Å². The van der Waals surface area contributed by atoms with Crippen molar-refractivity contribution in [3.05, 3.63) is 69.5 Å². The van der Waals surface area contributed by atoms with Crippen molar-refractivity contribution >= 4 is 17.4 Å². The first-order chi connectivity index (χ1) is 9.47. The summed E-state index contributed by atoms with van der Waals surface area (Å²) < 4.78 is 13.2. The minimum absolute atomic E-state index is 0.0842. The van der Waals surface area contributed by atoms with Gasteiger partial charge in [0.15, 0.2) is 5.78 Å². The van der Waals surface area contributed by atoms with Gasteiger partial charge in [-0.1, -0.05) is 29.8 Å². The maximum atomic E-state index is 13.2. The Balaban J connectivity index is 2.13. The highest BCUT2D eigenvalue weighted by Crippen LogP contribution is 2.19. The van der Waals surface area contributed by atoms with E-state index in [2.05, 4.69) is 0 Å². The van der Waals surface area contributed by atoms with Crippen LogP contribution in [-0.4, -0.2) is 5.78 Å². The van der Waals surface area contributed by atoms with Crippen molar-refractivity contribution in [1.29, 1.82) is 0 Å². The molecule has 0 unspecified atom stereocenters. The van der Waals surface area contributed by atoms with Crippen LogP contribution in [0, 0.1) is 19.7 Å². The Bertz CT molecular complexity index is 609. The lowest BCUT2D eigenvalue weighted by Crippen LogP contribution is -2.06. The SMILES string of the molecule is Cc1cccc(C)c1C(=O)CCc1cc(F)cc(Cl)c1. The van der Waals surface area contributed by atoms with E-state index in [-0.39, 0.29) is 11.6 Å². The lowest BCUT2D eigenvalue weighted by atomic mass is 9.95. The highest BCUT2D eigenvalue weighted by molar-refractivity contribution is 6.30. The molecule has 0 saturated carbocycles. The molecule has 0 aliphatic carbocycles. The summed E-state index contributed by atoms with van der Waals surface area (Å²) in [7, 11) is 0. The average Bonchev–Trinajstić information content (AvgIpc) is 2.35. The van der Waals surface area contributed by atoms with Gasteiger partial charge >= 0.3 is 0 Å². The standard InChI is InChI=1S/C17H16ClFO/c1-11-4-3-5-12(2)17(11)16(20)7-6-13-8-14(18)10-15(19)9-13/h3-5,8-10H,6-7H2,1-2H3. The summed E-state index contributed by atoms with van der Waals surface area (Å²) in [6.07, 6.45) is 0.843. The molecule has 0 aliphatic heterocycles. The van der Waals surface area contributed by atoms with Crippen LogP contribution in [0.3, 0.4) is 0 Å². The first-order valence-corrected chi connectivity index (χ1v) is 6.89. The van der Waals surface area contributed by atoms with Crippen LogP contribution in [0.25, 0.3) is 0 Å². The van der Waals surface area contributed by atoms with Crippen molar-refractivity contribution in [1.82, 2.24) is 0 Å². The summed E-state index contributed by atoms with van der Waals surface area (Å²) in [5.41, 5.74) is 3.48. The molecule has 2 rings (SSSR count). The molecule has 0 heterocycles. The van der Waals surface area contributed by atoms with Crippen molar-refractivity contribution in [2.45, 2.75) is 26.7 Å². The number of hydrogen-bond acceptors (Lipinski definition) is 1. The normalized spacial score (nSPS) is 10.6. The van der Waals surface area contributed by atoms with Gasteiger partial charge in [-0.2, -0.15) is 0 Å². The zero-order valence-electron chi connectivity index (χ0n) is 11.5. The number of benzene rings is 2. The minimum atomic E-state index is -0.368. The molecule has 0 N–H and O–H groups in total. The Hall–Kier alpha value is -1.67. The largest absolute Gasteiger partial charge is 0.294 e. The van der Waals surface area contributed by atoms with E-state index in [1.165, 1.54) is 12.1 Å². The topological polar surface area (TPSA) is 17.1 Å². The molecule has 2 aromatic rings. The molecule has 0 radical (unpaired) electrons. The summed E-state index contributed by atoms with van der Waals surface area (Å²) in [6, 6.07) is 10.2. The molecule has 104 valence electrons. The van der Waals surface area contributed by atoms with Gasteiger partial charge in [0.2, 0.25) is 0 Å². The third kappa shape index (κ3) is 3.45. The van der Waals surface area contributed by atoms with Gasteiger partial charge in [0, 0.05) is 17.0 Å². The van der Waals surface area contributed by atoms with Crippen LogP contribution in [0.4, 0.5) is 4.39 Å².